The first-order valence-corrected chi connectivity index (χ1v) is 10.6. The fourth-order valence-electron chi connectivity index (χ4n) is 4.11. The summed E-state index contributed by atoms with van der Waals surface area (Å²) in [4.78, 5) is 53.2. The predicted molar refractivity (Wildman–Crippen MR) is 111 cm³/mol. The molecule has 162 valence electrons. The van der Waals surface area contributed by atoms with Crippen molar-refractivity contribution in [2.75, 3.05) is 13.1 Å². The van der Waals surface area contributed by atoms with Gasteiger partial charge in [0, 0.05) is 31.1 Å². The summed E-state index contributed by atoms with van der Waals surface area (Å²) in [5, 5.41) is 2.99. The minimum atomic E-state index is -0.436. The highest BCUT2D eigenvalue weighted by atomic mass is 16.3. The van der Waals surface area contributed by atoms with Crippen LogP contribution in [0.25, 0.3) is 0 Å². The number of furan rings is 1. The molecule has 1 fully saturated rings. The van der Waals surface area contributed by atoms with E-state index in [9.17, 15) is 19.2 Å². The van der Waals surface area contributed by atoms with Gasteiger partial charge in [-0.15, -0.1) is 0 Å². The van der Waals surface area contributed by atoms with Gasteiger partial charge in [0.1, 0.15) is 5.76 Å². The number of piperidine rings is 1. The van der Waals surface area contributed by atoms with Gasteiger partial charge in [-0.2, -0.15) is 0 Å². The monoisotopic (exact) mass is 423 g/mol. The Labute approximate surface area is 180 Å². The maximum Gasteiger partial charge on any atom is 0.261 e. The van der Waals surface area contributed by atoms with Crippen LogP contribution in [0, 0.1) is 0 Å². The smallest absolute Gasteiger partial charge is 0.261 e. The van der Waals surface area contributed by atoms with Gasteiger partial charge in [0.05, 0.1) is 23.9 Å². The van der Waals surface area contributed by atoms with Gasteiger partial charge in [0.25, 0.3) is 17.7 Å². The Hall–Kier alpha value is -3.42. The number of imide groups is 1. The highest BCUT2D eigenvalue weighted by Crippen LogP contribution is 2.26. The molecular weight excluding hydrogens is 398 g/mol. The number of hydrogen-bond acceptors (Lipinski definition) is 5. The van der Waals surface area contributed by atoms with Crippen molar-refractivity contribution in [3.8, 4) is 0 Å². The molecule has 8 nitrogen and oxygen atoms in total. The molecule has 0 saturated carbocycles. The third-order valence-corrected chi connectivity index (χ3v) is 5.66. The molecule has 4 amide bonds. The fourth-order valence-corrected chi connectivity index (χ4v) is 4.11. The molecule has 2 aliphatic heterocycles. The second kappa shape index (κ2) is 8.75. The Balaban J connectivity index is 1.47. The largest absolute Gasteiger partial charge is 0.467 e. The van der Waals surface area contributed by atoms with Crippen LogP contribution in [-0.2, 0) is 11.3 Å². The quantitative estimate of drug-likeness (QED) is 0.720. The van der Waals surface area contributed by atoms with Gasteiger partial charge >= 0.3 is 0 Å². The standard InChI is InChI=1S/C23H25N3O5/c1-2-5-20(27)24-16-6-3-10-25(13-16)21(28)15-8-9-18-19(12-15)23(30)26(22(18)29)14-17-7-4-11-31-17/h4,7-9,11-12,16H,2-3,5-6,10,13-14H2,1H3,(H,24,27). The van der Waals surface area contributed by atoms with E-state index in [1.54, 1.807) is 23.1 Å². The zero-order valence-electron chi connectivity index (χ0n) is 17.4. The van der Waals surface area contributed by atoms with E-state index >= 15 is 0 Å². The van der Waals surface area contributed by atoms with Crippen LogP contribution in [0.2, 0.25) is 0 Å². The molecule has 4 rings (SSSR count). The Bertz CT molecular complexity index is 1010. The molecule has 1 saturated heterocycles. The van der Waals surface area contributed by atoms with Gasteiger partial charge < -0.3 is 14.6 Å². The van der Waals surface area contributed by atoms with Crippen LogP contribution in [0.5, 0.6) is 0 Å². The third-order valence-electron chi connectivity index (χ3n) is 5.66. The Kier molecular flexibility index (Phi) is 5.88. The molecule has 1 atom stereocenters. The summed E-state index contributed by atoms with van der Waals surface area (Å²) in [6, 6.07) is 7.94. The summed E-state index contributed by atoms with van der Waals surface area (Å²) in [6.45, 7) is 3.02. The molecule has 8 heteroatoms. The topological polar surface area (TPSA) is 99.9 Å². The normalized spacial score (nSPS) is 18.3. The lowest BCUT2D eigenvalue weighted by atomic mass is 10.0. The third kappa shape index (κ3) is 4.23. The minimum Gasteiger partial charge on any atom is -0.467 e. The molecule has 2 aromatic rings. The lowest BCUT2D eigenvalue weighted by molar-refractivity contribution is -0.122. The van der Waals surface area contributed by atoms with Gasteiger partial charge in [-0.3, -0.25) is 24.1 Å². The predicted octanol–water partition coefficient (Wildman–Crippen LogP) is 2.60. The van der Waals surface area contributed by atoms with Crippen LogP contribution in [0.1, 0.15) is 69.4 Å². The Morgan fingerprint density at radius 3 is 2.71 bits per heavy atom. The van der Waals surface area contributed by atoms with Gasteiger partial charge in [0.2, 0.25) is 5.91 Å². The van der Waals surface area contributed by atoms with Crippen LogP contribution in [-0.4, -0.2) is 52.6 Å². The highest BCUT2D eigenvalue weighted by molar-refractivity contribution is 6.22. The number of fused-ring (bicyclic) bond motifs is 1. The molecule has 0 bridgehead atoms. The van der Waals surface area contributed by atoms with Gasteiger partial charge in [-0.05, 0) is 49.6 Å². The van der Waals surface area contributed by atoms with Gasteiger partial charge in [-0.1, -0.05) is 6.92 Å². The number of nitrogens with zero attached hydrogens (tertiary/aromatic N) is 2. The molecule has 31 heavy (non-hydrogen) atoms. The summed E-state index contributed by atoms with van der Waals surface area (Å²) in [5.74, 6) is -0.529. The number of carbonyl (C=O) groups is 4. The lowest BCUT2D eigenvalue weighted by Crippen LogP contribution is -2.49. The maximum absolute atomic E-state index is 13.1. The molecule has 0 radical (unpaired) electrons. The van der Waals surface area contributed by atoms with Crippen LogP contribution < -0.4 is 5.32 Å². The van der Waals surface area contributed by atoms with Crippen molar-refractivity contribution in [1.29, 1.82) is 0 Å². The minimum absolute atomic E-state index is 0.0000808. The fraction of sp³-hybridized carbons (Fsp3) is 0.391. The molecule has 2 aliphatic rings. The zero-order chi connectivity index (χ0) is 22.0. The first-order chi connectivity index (χ1) is 15.0. The van der Waals surface area contributed by atoms with E-state index in [2.05, 4.69) is 5.32 Å². The average Bonchev–Trinajstić information content (AvgIpc) is 3.36. The second-order valence-electron chi connectivity index (χ2n) is 7.94. The lowest BCUT2D eigenvalue weighted by Gasteiger charge is -2.33. The molecular formula is C23H25N3O5. The van der Waals surface area contributed by atoms with Gasteiger partial charge in [-0.25, -0.2) is 0 Å². The van der Waals surface area contributed by atoms with Crippen LogP contribution in [0.3, 0.4) is 0 Å². The van der Waals surface area contributed by atoms with Crippen molar-refractivity contribution >= 4 is 23.6 Å². The van der Waals surface area contributed by atoms with Crippen LogP contribution in [0.15, 0.2) is 41.0 Å². The summed E-state index contributed by atoms with van der Waals surface area (Å²) >= 11 is 0. The van der Waals surface area contributed by atoms with E-state index in [-0.39, 0.29) is 35.5 Å². The zero-order valence-corrected chi connectivity index (χ0v) is 17.4. The van der Waals surface area contributed by atoms with E-state index in [0.29, 0.717) is 30.8 Å². The van der Waals surface area contributed by atoms with Crippen molar-refractivity contribution in [3.05, 3.63) is 59.0 Å². The first-order valence-electron chi connectivity index (χ1n) is 10.6. The van der Waals surface area contributed by atoms with Crippen molar-refractivity contribution in [2.24, 2.45) is 0 Å². The molecule has 1 aromatic carbocycles. The molecule has 1 aromatic heterocycles. The van der Waals surface area contributed by atoms with E-state index in [0.717, 1.165) is 24.2 Å². The number of rotatable bonds is 6. The molecule has 1 unspecified atom stereocenters. The van der Waals surface area contributed by atoms with Crippen molar-refractivity contribution in [1.82, 2.24) is 15.1 Å². The molecule has 3 heterocycles. The second-order valence-corrected chi connectivity index (χ2v) is 7.94. The molecule has 0 aliphatic carbocycles. The Morgan fingerprint density at radius 2 is 1.97 bits per heavy atom. The van der Waals surface area contributed by atoms with Crippen molar-refractivity contribution in [3.63, 3.8) is 0 Å². The van der Waals surface area contributed by atoms with E-state index in [1.807, 2.05) is 6.92 Å². The summed E-state index contributed by atoms with van der Waals surface area (Å²) < 4.78 is 5.25. The molecule has 1 N–H and O–H groups in total. The van der Waals surface area contributed by atoms with E-state index in [4.69, 9.17) is 4.42 Å². The Morgan fingerprint density at radius 1 is 1.16 bits per heavy atom. The average molecular weight is 423 g/mol. The summed E-state index contributed by atoms with van der Waals surface area (Å²) in [6.07, 6.45) is 4.36. The van der Waals surface area contributed by atoms with Crippen LogP contribution in [0.4, 0.5) is 0 Å². The SMILES string of the molecule is CCCC(=O)NC1CCCN(C(=O)c2ccc3c(c2)C(=O)N(Cc2ccco2)C3=O)C1. The van der Waals surface area contributed by atoms with Crippen LogP contribution >= 0.6 is 0 Å². The summed E-state index contributed by atoms with van der Waals surface area (Å²) in [5.41, 5.74) is 0.879. The van der Waals surface area contributed by atoms with Gasteiger partial charge in [0.15, 0.2) is 0 Å². The van der Waals surface area contributed by atoms with Crippen molar-refractivity contribution < 1.29 is 23.6 Å². The number of benzene rings is 1. The maximum atomic E-state index is 13.1. The van der Waals surface area contributed by atoms with Crippen molar-refractivity contribution in [2.45, 2.75) is 45.2 Å². The van der Waals surface area contributed by atoms with E-state index < -0.39 is 11.8 Å². The number of hydrogen-bond donors (Lipinski definition) is 1. The summed E-state index contributed by atoms with van der Waals surface area (Å²) in [7, 11) is 0. The first kappa shape index (κ1) is 20.8. The number of carbonyl (C=O) groups excluding carboxylic acids is 4. The number of nitrogens with one attached hydrogen (secondary N) is 1. The highest BCUT2D eigenvalue weighted by Gasteiger charge is 2.37. The van der Waals surface area contributed by atoms with E-state index in [1.165, 1.54) is 18.4 Å². The number of likely N-dealkylation sites (tertiary alicyclic amines) is 1. The number of amides is 4. The molecule has 0 spiro atoms.